The number of para-hydroxylation sites is 1. The van der Waals surface area contributed by atoms with Crippen molar-refractivity contribution in [3.05, 3.63) is 89.5 Å². The van der Waals surface area contributed by atoms with Gasteiger partial charge in [0.15, 0.2) is 0 Å². The molecule has 0 unspecified atom stereocenters. The van der Waals surface area contributed by atoms with Crippen LogP contribution in [-0.2, 0) is 28.7 Å². The maximum absolute atomic E-state index is 14.3. The fourth-order valence-electron chi connectivity index (χ4n) is 6.64. The second kappa shape index (κ2) is 11.9. The minimum absolute atomic E-state index is 0.0603. The van der Waals surface area contributed by atoms with Crippen molar-refractivity contribution in [3.8, 4) is 0 Å². The Morgan fingerprint density at radius 2 is 1.77 bits per heavy atom. The summed E-state index contributed by atoms with van der Waals surface area (Å²) < 4.78 is 12.7. The number of aliphatic hydroxyl groups is 1. The van der Waals surface area contributed by atoms with E-state index in [1.54, 1.807) is 60.7 Å². The number of esters is 1. The Labute approximate surface area is 253 Å². The Morgan fingerprint density at radius 3 is 2.53 bits per heavy atom. The van der Waals surface area contributed by atoms with Crippen LogP contribution in [0.4, 0.5) is 5.69 Å². The van der Waals surface area contributed by atoms with Gasteiger partial charge in [0.05, 0.1) is 35.9 Å². The summed E-state index contributed by atoms with van der Waals surface area (Å²) in [6, 6.07) is 14.8. The number of nitrogens with zero attached hydrogens (tertiary/aromatic N) is 2. The molecule has 1 spiro atoms. The second-order valence-electron chi connectivity index (χ2n) is 11.0. The molecule has 10 nitrogen and oxygen atoms in total. The number of hydrogen-bond acceptors (Lipinski definition) is 7. The fraction of sp³-hybridized carbons (Fsp3) is 0.375. The van der Waals surface area contributed by atoms with Crippen molar-refractivity contribution in [3.63, 3.8) is 0 Å². The van der Waals surface area contributed by atoms with E-state index in [0.29, 0.717) is 22.7 Å². The number of rotatable bonds is 4. The number of likely N-dealkylation sites (tertiary alicyclic amines) is 1. The number of β-amino-alcohol motifs (C(OH)–C–C–N with tert-alkyl or cyclic N) is 1. The van der Waals surface area contributed by atoms with Gasteiger partial charge in [-0.15, -0.1) is 0 Å². The molecule has 4 aliphatic rings. The molecule has 2 saturated heterocycles. The molecule has 0 bridgehead atoms. The molecule has 43 heavy (non-hydrogen) atoms. The molecule has 2 N–H and O–H groups in total. The van der Waals surface area contributed by atoms with Gasteiger partial charge in [0, 0.05) is 19.5 Å². The molecule has 0 aliphatic carbocycles. The molecule has 0 aromatic heterocycles. The molecule has 3 amide bonds. The zero-order valence-electron chi connectivity index (χ0n) is 23.3. The van der Waals surface area contributed by atoms with Gasteiger partial charge in [0.25, 0.3) is 5.91 Å². The summed E-state index contributed by atoms with van der Waals surface area (Å²) >= 11 is 6.47. The van der Waals surface area contributed by atoms with Crippen LogP contribution in [0, 0.1) is 11.8 Å². The van der Waals surface area contributed by atoms with Gasteiger partial charge in [0.1, 0.15) is 23.7 Å². The van der Waals surface area contributed by atoms with Gasteiger partial charge in [-0.3, -0.25) is 19.2 Å². The van der Waals surface area contributed by atoms with Gasteiger partial charge in [-0.2, -0.15) is 0 Å². The minimum Gasteiger partial charge on any atom is -0.455 e. The van der Waals surface area contributed by atoms with Crippen molar-refractivity contribution in [2.24, 2.45) is 11.8 Å². The average molecular weight is 606 g/mol. The summed E-state index contributed by atoms with van der Waals surface area (Å²) in [6.07, 6.45) is 5.80. The molecular weight excluding hydrogens is 574 g/mol. The molecule has 2 aromatic rings. The summed E-state index contributed by atoms with van der Waals surface area (Å²) in [7, 11) is 0. The minimum atomic E-state index is -1.51. The number of halogens is 1. The number of carbonyl (C=O) groups excluding carboxylic acids is 4. The maximum atomic E-state index is 14.3. The summed E-state index contributed by atoms with van der Waals surface area (Å²) in [4.78, 5) is 57.9. The first-order chi connectivity index (χ1) is 20.9. The smallest absolute Gasteiger partial charge is 0.313 e. The molecule has 2 fully saturated rings. The number of benzene rings is 2. The van der Waals surface area contributed by atoms with Crippen LogP contribution < -0.4 is 10.2 Å². The maximum Gasteiger partial charge on any atom is 0.313 e. The number of ether oxygens (including phenoxy) is 2. The molecule has 6 rings (SSSR count). The van der Waals surface area contributed by atoms with E-state index >= 15 is 0 Å². The third-order valence-electron chi connectivity index (χ3n) is 8.53. The number of carbonyl (C=O) groups is 4. The number of cyclic esters (lactones) is 1. The number of anilines is 1. The van der Waals surface area contributed by atoms with Crippen molar-refractivity contribution in [2.75, 3.05) is 31.1 Å². The lowest BCUT2D eigenvalue weighted by Gasteiger charge is -2.35. The molecule has 11 heteroatoms. The summed E-state index contributed by atoms with van der Waals surface area (Å²) in [5.74, 6) is -3.95. The highest BCUT2D eigenvalue weighted by Crippen LogP contribution is 2.53. The van der Waals surface area contributed by atoms with Gasteiger partial charge in [0.2, 0.25) is 11.8 Å². The SMILES string of the molecule is O=C1CC/C=C\[C@H]2O[C@]34C=CCN(c5ccccc5Cl)C(=O)[C@H]3N(CCO)C(=O)[C@@H]4[C@H]2C(=O)O[C@H](c2ccccc2)CN1. The zero-order valence-corrected chi connectivity index (χ0v) is 24.1. The molecular formula is C32H32ClN3O7. The van der Waals surface area contributed by atoms with Crippen LogP contribution in [0.2, 0.25) is 5.02 Å². The number of fused-ring (bicyclic) bond motifs is 2. The van der Waals surface area contributed by atoms with Crippen LogP contribution in [-0.4, -0.2) is 77.7 Å². The largest absolute Gasteiger partial charge is 0.455 e. The number of hydrogen-bond donors (Lipinski definition) is 2. The van der Waals surface area contributed by atoms with Crippen molar-refractivity contribution >= 4 is 41.0 Å². The molecule has 0 radical (unpaired) electrons. The Bertz CT molecular complexity index is 1480. The monoisotopic (exact) mass is 605 g/mol. The first-order valence-corrected chi connectivity index (χ1v) is 14.7. The summed E-state index contributed by atoms with van der Waals surface area (Å²) in [6.45, 7) is -0.285. The third-order valence-corrected chi connectivity index (χ3v) is 8.85. The number of amides is 3. The molecule has 2 aromatic carbocycles. The van der Waals surface area contributed by atoms with Crippen molar-refractivity contribution < 1.29 is 33.8 Å². The first-order valence-electron chi connectivity index (χ1n) is 14.4. The van der Waals surface area contributed by atoms with Crippen LogP contribution in [0.15, 0.2) is 78.9 Å². The first kappa shape index (κ1) is 29.1. The van der Waals surface area contributed by atoms with E-state index in [1.165, 1.54) is 9.80 Å². The van der Waals surface area contributed by atoms with Crippen LogP contribution in [0.25, 0.3) is 0 Å². The van der Waals surface area contributed by atoms with Crippen molar-refractivity contribution in [1.82, 2.24) is 10.2 Å². The Hall–Kier alpha value is -3.99. The Morgan fingerprint density at radius 1 is 1.00 bits per heavy atom. The highest BCUT2D eigenvalue weighted by atomic mass is 35.5. The predicted octanol–water partition coefficient (Wildman–Crippen LogP) is 2.57. The van der Waals surface area contributed by atoms with Gasteiger partial charge < -0.3 is 29.7 Å². The van der Waals surface area contributed by atoms with Crippen LogP contribution in [0.3, 0.4) is 0 Å². The Balaban J connectivity index is 1.43. The van der Waals surface area contributed by atoms with Gasteiger partial charge in [-0.05, 0) is 24.1 Å². The fourth-order valence-corrected chi connectivity index (χ4v) is 6.88. The molecule has 4 heterocycles. The van der Waals surface area contributed by atoms with E-state index in [1.807, 2.05) is 18.2 Å². The Kier molecular flexibility index (Phi) is 8.09. The topological polar surface area (TPSA) is 125 Å². The van der Waals surface area contributed by atoms with E-state index in [9.17, 15) is 24.3 Å². The number of allylic oxidation sites excluding steroid dienone is 1. The van der Waals surface area contributed by atoms with Crippen molar-refractivity contribution in [2.45, 2.75) is 36.7 Å². The van der Waals surface area contributed by atoms with Gasteiger partial charge in [-0.25, -0.2) is 0 Å². The normalized spacial score (nSPS) is 31.6. The second-order valence-corrected chi connectivity index (χ2v) is 11.4. The number of aliphatic hydroxyl groups excluding tert-OH is 1. The van der Waals surface area contributed by atoms with Crippen LogP contribution in [0.5, 0.6) is 0 Å². The summed E-state index contributed by atoms with van der Waals surface area (Å²) in [5, 5.41) is 13.1. The van der Waals surface area contributed by atoms with E-state index < -0.39 is 53.5 Å². The van der Waals surface area contributed by atoms with Gasteiger partial charge >= 0.3 is 5.97 Å². The van der Waals surface area contributed by atoms with Crippen molar-refractivity contribution in [1.29, 1.82) is 0 Å². The molecule has 224 valence electrons. The van der Waals surface area contributed by atoms with Crippen LogP contribution in [0.1, 0.15) is 24.5 Å². The van der Waals surface area contributed by atoms with Gasteiger partial charge in [-0.1, -0.05) is 78.4 Å². The predicted molar refractivity (Wildman–Crippen MR) is 157 cm³/mol. The highest BCUT2D eigenvalue weighted by Gasteiger charge is 2.71. The van der Waals surface area contributed by atoms with E-state index in [2.05, 4.69) is 5.32 Å². The van der Waals surface area contributed by atoms with E-state index in [4.69, 9.17) is 21.1 Å². The molecule has 0 saturated carbocycles. The zero-order chi connectivity index (χ0) is 30.1. The van der Waals surface area contributed by atoms with E-state index in [-0.39, 0.29) is 38.6 Å². The molecule has 4 aliphatic heterocycles. The standard InChI is InChI=1S/C32H32ClN3O7/c33-21-11-4-5-12-22(21)35-16-8-15-32-27(29(39)36(17-18-37)28(32)30(35)40)26-23(43-32)13-6-7-14-25(38)34-19-24(42-31(26)41)20-9-2-1-3-10-20/h1-6,8-13,15,23-24,26-28,37H,7,14,16-19H2,(H,34,38)/b13-6-/t23-,24+,26+,27+,28-,32+/m1/s1. The average Bonchev–Trinajstić information content (AvgIpc) is 3.38. The lowest BCUT2D eigenvalue weighted by atomic mass is 9.78. The quantitative estimate of drug-likeness (QED) is 0.405. The highest BCUT2D eigenvalue weighted by molar-refractivity contribution is 6.34. The van der Waals surface area contributed by atoms with E-state index in [0.717, 1.165) is 0 Å². The van der Waals surface area contributed by atoms with Crippen LogP contribution >= 0.6 is 11.6 Å². The lowest BCUT2D eigenvalue weighted by molar-refractivity contribution is -0.159. The molecule has 6 atom stereocenters. The summed E-state index contributed by atoms with van der Waals surface area (Å²) in [5.41, 5.74) is -0.345. The lowest BCUT2D eigenvalue weighted by Crippen LogP contribution is -2.55. The third kappa shape index (κ3) is 5.13. The number of nitrogens with one attached hydrogen (secondary N) is 1.